The summed E-state index contributed by atoms with van der Waals surface area (Å²) >= 11 is 0. The van der Waals surface area contributed by atoms with Crippen molar-refractivity contribution in [2.24, 2.45) is 0 Å². The van der Waals surface area contributed by atoms with Crippen LogP contribution in [0.5, 0.6) is 0 Å². The van der Waals surface area contributed by atoms with Crippen molar-refractivity contribution in [2.45, 2.75) is 0 Å². The highest BCUT2D eigenvalue weighted by molar-refractivity contribution is 6.23. The Balaban J connectivity index is 1.35. The SMILES string of the molecule is [2H]c1c([2H])c([2H])c(-c2cccc3oc4ccc(-c5c6ccccc6c(-c6ccc7ccccc7c6)c6ccccc56)cc4c23)c([2H])c1[2H]. The summed E-state index contributed by atoms with van der Waals surface area (Å²) in [4.78, 5) is 0. The van der Waals surface area contributed by atoms with Gasteiger partial charge in [-0.1, -0.05) is 133 Å². The zero-order valence-corrected chi connectivity index (χ0v) is 23.0. The second kappa shape index (κ2) is 9.44. The van der Waals surface area contributed by atoms with E-state index < -0.39 is 6.04 Å². The molecule has 0 unspecified atom stereocenters. The van der Waals surface area contributed by atoms with Crippen molar-refractivity contribution in [1.82, 2.24) is 0 Å². The number of hydrogen-bond acceptors (Lipinski definition) is 1. The van der Waals surface area contributed by atoms with E-state index in [0.29, 0.717) is 22.1 Å². The van der Waals surface area contributed by atoms with Crippen molar-refractivity contribution >= 4 is 54.3 Å². The van der Waals surface area contributed by atoms with Gasteiger partial charge in [0, 0.05) is 10.8 Å². The smallest absolute Gasteiger partial charge is 0.136 e. The van der Waals surface area contributed by atoms with Gasteiger partial charge in [-0.2, -0.15) is 0 Å². The van der Waals surface area contributed by atoms with Crippen molar-refractivity contribution in [1.29, 1.82) is 0 Å². The molecule has 43 heavy (non-hydrogen) atoms. The molecule has 0 saturated heterocycles. The van der Waals surface area contributed by atoms with Gasteiger partial charge in [-0.15, -0.1) is 0 Å². The predicted molar refractivity (Wildman–Crippen MR) is 183 cm³/mol. The van der Waals surface area contributed by atoms with Gasteiger partial charge in [0.15, 0.2) is 0 Å². The minimum atomic E-state index is -0.411. The topological polar surface area (TPSA) is 13.1 Å². The maximum absolute atomic E-state index is 8.70. The lowest BCUT2D eigenvalue weighted by molar-refractivity contribution is 0.669. The Labute approximate surface area is 256 Å². The summed E-state index contributed by atoms with van der Waals surface area (Å²) in [7, 11) is 0. The first-order valence-electron chi connectivity index (χ1n) is 16.9. The molecule has 200 valence electrons. The zero-order chi connectivity index (χ0) is 32.7. The molecule has 0 aliphatic rings. The Hall–Kier alpha value is -5.66. The second-order valence-electron chi connectivity index (χ2n) is 10.9. The molecule has 0 amide bonds. The van der Waals surface area contributed by atoms with Gasteiger partial charge in [0.2, 0.25) is 0 Å². The molecule has 0 aliphatic heterocycles. The normalized spacial score (nSPS) is 13.3. The molecule has 0 spiro atoms. The van der Waals surface area contributed by atoms with E-state index in [0.717, 1.165) is 43.6 Å². The summed E-state index contributed by atoms with van der Waals surface area (Å²) in [5, 5.41) is 8.48. The predicted octanol–water partition coefficient (Wildman–Crippen LogP) is 12.0. The highest BCUT2D eigenvalue weighted by atomic mass is 16.3. The van der Waals surface area contributed by atoms with E-state index in [9.17, 15) is 0 Å². The van der Waals surface area contributed by atoms with Crippen LogP contribution in [0.2, 0.25) is 0 Å². The van der Waals surface area contributed by atoms with E-state index in [1.165, 1.54) is 16.3 Å². The third kappa shape index (κ3) is 3.72. The lowest BCUT2D eigenvalue weighted by atomic mass is 9.85. The lowest BCUT2D eigenvalue weighted by Crippen LogP contribution is -1.91. The van der Waals surface area contributed by atoms with Crippen LogP contribution >= 0.6 is 0 Å². The molecule has 1 heteroatoms. The van der Waals surface area contributed by atoms with Crippen molar-refractivity contribution in [2.75, 3.05) is 0 Å². The summed E-state index contributed by atoms with van der Waals surface area (Å²) in [6, 6.07) is 42.2. The van der Waals surface area contributed by atoms with Crippen molar-refractivity contribution in [3.8, 4) is 33.4 Å². The van der Waals surface area contributed by atoms with Crippen LogP contribution in [0.25, 0.3) is 87.6 Å². The average molecular weight is 552 g/mol. The first-order valence-corrected chi connectivity index (χ1v) is 14.4. The Morgan fingerprint density at radius 1 is 0.419 bits per heavy atom. The monoisotopic (exact) mass is 551 g/mol. The second-order valence-corrected chi connectivity index (χ2v) is 10.9. The molecule has 9 aromatic rings. The molecule has 0 saturated carbocycles. The third-order valence-corrected chi connectivity index (χ3v) is 8.52. The van der Waals surface area contributed by atoms with Gasteiger partial charge in [0.25, 0.3) is 0 Å². The molecule has 0 aliphatic carbocycles. The molecule has 0 fully saturated rings. The number of furan rings is 1. The summed E-state index contributed by atoms with van der Waals surface area (Å²) in [5.41, 5.74) is 6.40. The number of fused-ring (bicyclic) bond motifs is 6. The zero-order valence-electron chi connectivity index (χ0n) is 28.0. The van der Waals surface area contributed by atoms with Gasteiger partial charge in [0.1, 0.15) is 11.2 Å². The Kier molecular flexibility index (Phi) is 4.27. The van der Waals surface area contributed by atoms with Crippen LogP contribution in [0.1, 0.15) is 6.85 Å². The maximum atomic E-state index is 8.70. The van der Waals surface area contributed by atoms with Crippen LogP contribution in [-0.2, 0) is 0 Å². The standard InChI is InChI=1S/C42H26O/c1-2-12-28(13-3-1)32-19-10-20-39-42(32)37-26-31(23-24-38(37)43-39)41-35-17-8-6-15-33(35)40(34-16-7-9-18-36(34)41)30-22-21-27-11-4-5-14-29(27)25-30/h1-26H/i1D,2D,3D,12D,13D. The molecule has 9 rings (SSSR count). The molecule has 0 atom stereocenters. The van der Waals surface area contributed by atoms with Crippen LogP contribution in [0.4, 0.5) is 0 Å². The van der Waals surface area contributed by atoms with Crippen LogP contribution in [0, 0.1) is 0 Å². The molecule has 1 aromatic heterocycles. The van der Waals surface area contributed by atoms with Gasteiger partial charge in [-0.25, -0.2) is 0 Å². The first-order chi connectivity index (χ1) is 23.4. The summed E-state index contributed by atoms with van der Waals surface area (Å²) in [5.74, 6) is 0. The highest BCUT2D eigenvalue weighted by Crippen LogP contribution is 2.45. The Morgan fingerprint density at radius 2 is 1.02 bits per heavy atom. The van der Waals surface area contributed by atoms with Gasteiger partial charge >= 0.3 is 0 Å². The van der Waals surface area contributed by atoms with Crippen LogP contribution in [0.15, 0.2) is 162 Å². The van der Waals surface area contributed by atoms with Crippen molar-refractivity contribution in [3.63, 3.8) is 0 Å². The molecule has 0 N–H and O–H groups in total. The van der Waals surface area contributed by atoms with E-state index in [1.54, 1.807) is 12.1 Å². The fraction of sp³-hybridized carbons (Fsp3) is 0. The molecule has 1 nitrogen and oxygen atoms in total. The highest BCUT2D eigenvalue weighted by Gasteiger charge is 2.19. The van der Waals surface area contributed by atoms with E-state index >= 15 is 0 Å². The van der Waals surface area contributed by atoms with E-state index in [-0.39, 0.29) is 29.7 Å². The van der Waals surface area contributed by atoms with Crippen molar-refractivity contribution < 1.29 is 11.3 Å². The van der Waals surface area contributed by atoms with Gasteiger partial charge in [-0.3, -0.25) is 0 Å². The first kappa shape index (κ1) is 19.5. The number of benzene rings is 8. The lowest BCUT2D eigenvalue weighted by Gasteiger charge is -2.18. The Morgan fingerprint density at radius 3 is 1.72 bits per heavy atom. The van der Waals surface area contributed by atoms with E-state index in [1.807, 2.05) is 12.1 Å². The average Bonchev–Trinajstić information content (AvgIpc) is 3.50. The van der Waals surface area contributed by atoms with Crippen molar-refractivity contribution in [3.05, 3.63) is 158 Å². The minimum Gasteiger partial charge on any atom is -0.456 e. The van der Waals surface area contributed by atoms with Crippen LogP contribution in [-0.4, -0.2) is 0 Å². The molecule has 1 heterocycles. The Bertz CT molecular complexity index is 2710. The van der Waals surface area contributed by atoms with Crippen LogP contribution < -0.4 is 0 Å². The summed E-state index contributed by atoms with van der Waals surface area (Å²) in [6.07, 6.45) is 0. The van der Waals surface area contributed by atoms with E-state index in [2.05, 4.69) is 103 Å². The molecule has 0 bridgehead atoms. The largest absolute Gasteiger partial charge is 0.456 e. The quantitative estimate of drug-likeness (QED) is 0.199. The molecule has 0 radical (unpaired) electrons. The molecular weight excluding hydrogens is 520 g/mol. The fourth-order valence-electron chi connectivity index (χ4n) is 6.67. The summed E-state index contributed by atoms with van der Waals surface area (Å²) in [6.45, 7) is 0. The number of rotatable bonds is 3. The minimum absolute atomic E-state index is 0.162. The van der Waals surface area contributed by atoms with E-state index in [4.69, 9.17) is 11.3 Å². The third-order valence-electron chi connectivity index (χ3n) is 8.52. The summed E-state index contributed by atoms with van der Waals surface area (Å²) < 4.78 is 48.4. The number of hydrogen-bond donors (Lipinski definition) is 0. The van der Waals surface area contributed by atoms with Gasteiger partial charge < -0.3 is 4.42 Å². The molecular formula is C42H26O. The van der Waals surface area contributed by atoms with Gasteiger partial charge in [0.05, 0.1) is 6.85 Å². The molecule has 8 aromatic carbocycles. The fourth-order valence-corrected chi connectivity index (χ4v) is 6.67. The van der Waals surface area contributed by atoms with Gasteiger partial charge in [-0.05, 0) is 90.0 Å². The maximum Gasteiger partial charge on any atom is 0.136 e. The van der Waals surface area contributed by atoms with Crippen LogP contribution in [0.3, 0.4) is 0 Å².